The van der Waals surface area contributed by atoms with Crippen molar-refractivity contribution in [2.75, 3.05) is 18.4 Å². The molecule has 186 valence electrons. The van der Waals surface area contributed by atoms with Crippen LogP contribution in [0.5, 0.6) is 0 Å². The highest BCUT2D eigenvalue weighted by Gasteiger charge is 2.38. The monoisotopic (exact) mass is 498 g/mol. The molecule has 1 aliphatic rings. The second-order valence-corrected chi connectivity index (χ2v) is 7.96. The van der Waals surface area contributed by atoms with Crippen molar-refractivity contribution >= 4 is 45.2 Å². The lowest BCUT2D eigenvalue weighted by molar-refractivity contribution is -0.192. The van der Waals surface area contributed by atoms with Gasteiger partial charge in [0.15, 0.2) is 0 Å². The van der Waals surface area contributed by atoms with Crippen LogP contribution in [-0.2, 0) is 22.6 Å². The average Bonchev–Trinajstić information content (AvgIpc) is 2.98. The molecule has 0 fully saturated rings. The molecule has 36 heavy (non-hydrogen) atoms. The topological polar surface area (TPSA) is 113 Å². The van der Waals surface area contributed by atoms with E-state index in [2.05, 4.69) is 20.2 Å². The molecular weight excluding hydrogens is 477 g/mol. The van der Waals surface area contributed by atoms with Gasteiger partial charge in [0.2, 0.25) is 0 Å². The van der Waals surface area contributed by atoms with Crippen LogP contribution in [0.3, 0.4) is 0 Å². The zero-order valence-electron chi connectivity index (χ0n) is 18.8. The number of carbonyl (C=O) groups excluding carboxylic acids is 2. The van der Waals surface area contributed by atoms with Crippen molar-refractivity contribution in [1.82, 2.24) is 14.9 Å². The van der Waals surface area contributed by atoms with Gasteiger partial charge in [-0.3, -0.25) is 14.6 Å². The minimum absolute atomic E-state index is 0.509. The standard InChI is InChI=1S/C23H20N4O2.C2HF3O2/c28-22(23(29)26-17-8-3-5-15-6-4-11-25-21(15)17)20-16-7-1-2-9-18(16)27-14-13-24-12-10-19(20)27;3-2(4,5)1(6)7/h1-9,11,24H,10,12-14H2,(H,26,29);(H,6,7). The number of aliphatic carboxylic acids is 1. The molecule has 3 heterocycles. The van der Waals surface area contributed by atoms with Crippen LogP contribution in [0.4, 0.5) is 18.9 Å². The summed E-state index contributed by atoms with van der Waals surface area (Å²) in [5.41, 5.74) is 3.63. The van der Waals surface area contributed by atoms with Gasteiger partial charge in [-0.2, -0.15) is 13.2 Å². The van der Waals surface area contributed by atoms with Crippen LogP contribution in [0, 0.1) is 0 Å². The number of nitrogens with zero attached hydrogens (tertiary/aromatic N) is 2. The van der Waals surface area contributed by atoms with Crippen molar-refractivity contribution in [3.63, 3.8) is 0 Å². The first-order valence-corrected chi connectivity index (χ1v) is 11.0. The van der Waals surface area contributed by atoms with Crippen molar-refractivity contribution in [3.05, 3.63) is 72.1 Å². The number of hydrogen-bond acceptors (Lipinski definition) is 5. The third-order valence-electron chi connectivity index (χ3n) is 5.69. The lowest BCUT2D eigenvalue weighted by atomic mass is 10.0. The van der Waals surface area contributed by atoms with Gasteiger partial charge in [0, 0.05) is 54.2 Å². The third kappa shape index (κ3) is 5.05. The number of anilines is 1. The van der Waals surface area contributed by atoms with Gasteiger partial charge in [0.05, 0.1) is 16.8 Å². The molecule has 2 aromatic carbocycles. The Kier molecular flexibility index (Phi) is 7.02. The lowest BCUT2D eigenvalue weighted by Gasteiger charge is -2.09. The number of carboxylic acids is 1. The normalized spacial score (nSPS) is 13.3. The number of hydrogen-bond donors (Lipinski definition) is 3. The smallest absolute Gasteiger partial charge is 0.475 e. The molecular formula is C25H21F3N4O4. The second kappa shape index (κ2) is 10.2. The van der Waals surface area contributed by atoms with Gasteiger partial charge in [-0.25, -0.2) is 4.79 Å². The summed E-state index contributed by atoms with van der Waals surface area (Å²) >= 11 is 0. The van der Waals surface area contributed by atoms with Crippen LogP contribution >= 0.6 is 0 Å². The van der Waals surface area contributed by atoms with E-state index in [1.807, 2.05) is 48.5 Å². The number of alkyl halides is 3. The van der Waals surface area contributed by atoms with E-state index in [0.29, 0.717) is 23.2 Å². The molecule has 8 nitrogen and oxygen atoms in total. The maximum Gasteiger partial charge on any atom is 0.490 e. The zero-order chi connectivity index (χ0) is 25.9. The summed E-state index contributed by atoms with van der Waals surface area (Å²) in [7, 11) is 0. The molecule has 4 aromatic rings. The molecule has 1 aliphatic heterocycles. The molecule has 0 saturated carbocycles. The average molecular weight is 498 g/mol. The van der Waals surface area contributed by atoms with Crippen LogP contribution in [0.25, 0.3) is 21.8 Å². The third-order valence-corrected chi connectivity index (χ3v) is 5.69. The van der Waals surface area contributed by atoms with Crippen LogP contribution < -0.4 is 10.6 Å². The minimum Gasteiger partial charge on any atom is -0.475 e. The highest BCUT2D eigenvalue weighted by Crippen LogP contribution is 2.29. The number of halogens is 3. The largest absolute Gasteiger partial charge is 0.490 e. The van der Waals surface area contributed by atoms with Crippen molar-refractivity contribution < 1.29 is 32.7 Å². The van der Waals surface area contributed by atoms with E-state index >= 15 is 0 Å². The predicted molar refractivity (Wildman–Crippen MR) is 127 cm³/mol. The predicted octanol–water partition coefficient (Wildman–Crippen LogP) is 3.79. The van der Waals surface area contributed by atoms with Crippen LogP contribution in [0.1, 0.15) is 16.1 Å². The number of nitrogens with one attached hydrogen (secondary N) is 2. The number of amides is 1. The van der Waals surface area contributed by atoms with Gasteiger partial charge < -0.3 is 20.3 Å². The Labute approximate surface area is 202 Å². The highest BCUT2D eigenvalue weighted by atomic mass is 19.4. The molecule has 1 amide bonds. The first-order valence-electron chi connectivity index (χ1n) is 11.0. The Morgan fingerprint density at radius 1 is 1.00 bits per heavy atom. The van der Waals surface area contributed by atoms with Gasteiger partial charge in [0.1, 0.15) is 0 Å². The summed E-state index contributed by atoms with van der Waals surface area (Å²) in [5, 5.41) is 15.0. The first-order chi connectivity index (χ1) is 17.2. The lowest BCUT2D eigenvalue weighted by Crippen LogP contribution is -2.24. The van der Waals surface area contributed by atoms with Crippen molar-refractivity contribution in [2.45, 2.75) is 19.1 Å². The van der Waals surface area contributed by atoms with Gasteiger partial charge in [-0.1, -0.05) is 36.4 Å². The number of benzene rings is 2. The summed E-state index contributed by atoms with van der Waals surface area (Å²) in [6.45, 7) is 2.40. The Hall–Kier alpha value is -4.25. The molecule has 3 N–H and O–H groups in total. The SMILES string of the molecule is O=C(Nc1cccc2cccnc12)C(=O)c1c2n(c3ccccc13)CCNCC2.O=C(O)C(F)(F)F. The van der Waals surface area contributed by atoms with Crippen LogP contribution in [0.15, 0.2) is 60.8 Å². The van der Waals surface area contributed by atoms with Gasteiger partial charge >= 0.3 is 12.1 Å². The Morgan fingerprint density at radius 3 is 2.47 bits per heavy atom. The van der Waals surface area contributed by atoms with E-state index in [0.717, 1.165) is 41.6 Å². The van der Waals surface area contributed by atoms with Crippen molar-refractivity contribution in [3.8, 4) is 0 Å². The van der Waals surface area contributed by atoms with Crippen LogP contribution in [-0.4, -0.2) is 51.6 Å². The second-order valence-electron chi connectivity index (χ2n) is 7.96. The fourth-order valence-electron chi connectivity index (χ4n) is 4.15. The fourth-order valence-corrected chi connectivity index (χ4v) is 4.15. The van der Waals surface area contributed by atoms with Crippen molar-refractivity contribution in [1.29, 1.82) is 0 Å². The minimum atomic E-state index is -5.08. The molecule has 11 heteroatoms. The molecule has 2 aromatic heterocycles. The number of pyridine rings is 1. The van der Waals surface area contributed by atoms with Gasteiger partial charge in [-0.15, -0.1) is 0 Å². The van der Waals surface area contributed by atoms with E-state index in [1.165, 1.54) is 0 Å². The van der Waals surface area contributed by atoms with E-state index < -0.39 is 23.8 Å². The molecule has 0 spiro atoms. The first kappa shape index (κ1) is 24.9. The molecule has 0 unspecified atom stereocenters. The number of ketones is 1. The number of aromatic nitrogens is 2. The number of carboxylic acid groups (broad SMARTS) is 1. The fraction of sp³-hybridized carbons (Fsp3) is 0.200. The Balaban J connectivity index is 0.000000384. The van der Waals surface area contributed by atoms with Crippen LogP contribution in [0.2, 0.25) is 0 Å². The Morgan fingerprint density at radius 2 is 1.72 bits per heavy atom. The highest BCUT2D eigenvalue weighted by molar-refractivity contribution is 6.49. The summed E-state index contributed by atoms with van der Waals surface area (Å²) in [5.74, 6) is -3.91. The number of para-hydroxylation sites is 2. The van der Waals surface area contributed by atoms with E-state index in [9.17, 15) is 22.8 Å². The number of Topliss-reactive ketones (excluding diaryl/α,β-unsaturated/α-hetero) is 1. The van der Waals surface area contributed by atoms with E-state index in [4.69, 9.17) is 9.90 Å². The molecule has 0 bridgehead atoms. The maximum absolute atomic E-state index is 13.3. The van der Waals surface area contributed by atoms with Crippen molar-refractivity contribution in [2.24, 2.45) is 0 Å². The summed E-state index contributed by atoms with van der Waals surface area (Å²) in [6, 6.07) is 17.1. The summed E-state index contributed by atoms with van der Waals surface area (Å²) in [4.78, 5) is 39.5. The summed E-state index contributed by atoms with van der Waals surface area (Å²) in [6.07, 6.45) is -2.70. The Bertz CT molecular complexity index is 1460. The van der Waals surface area contributed by atoms with E-state index in [-0.39, 0.29) is 0 Å². The van der Waals surface area contributed by atoms with Gasteiger partial charge in [-0.05, 0) is 18.2 Å². The number of carbonyl (C=O) groups is 3. The number of fused-ring (bicyclic) bond motifs is 4. The summed E-state index contributed by atoms with van der Waals surface area (Å²) < 4.78 is 33.9. The molecule has 0 saturated heterocycles. The zero-order valence-corrected chi connectivity index (χ0v) is 18.8. The van der Waals surface area contributed by atoms with E-state index in [1.54, 1.807) is 12.3 Å². The molecule has 0 atom stereocenters. The molecule has 5 rings (SSSR count). The molecule has 0 radical (unpaired) electrons. The number of rotatable bonds is 3. The molecule has 0 aliphatic carbocycles. The van der Waals surface area contributed by atoms with Gasteiger partial charge in [0.25, 0.3) is 11.7 Å². The maximum atomic E-state index is 13.3. The quantitative estimate of drug-likeness (QED) is 0.293.